The fourth-order valence-electron chi connectivity index (χ4n) is 3.25. The maximum Gasteiger partial charge on any atom is 0.169 e. The molecule has 0 unspecified atom stereocenters. The molecule has 0 N–H and O–H groups in total. The Hall–Kier alpha value is -2.65. The van der Waals surface area contributed by atoms with Crippen LogP contribution >= 0.6 is 22.6 Å². The van der Waals surface area contributed by atoms with Gasteiger partial charge in [-0.15, -0.1) is 0 Å². The number of nitrogens with zero attached hydrogens (tertiary/aromatic N) is 3. The third-order valence-corrected chi connectivity index (χ3v) is 5.82. The minimum Gasteiger partial charge on any atom is -0.378 e. The van der Waals surface area contributed by atoms with Gasteiger partial charge in [-0.3, -0.25) is 0 Å². The van der Waals surface area contributed by atoms with Gasteiger partial charge in [0, 0.05) is 38.3 Å². The summed E-state index contributed by atoms with van der Waals surface area (Å²) in [5.41, 5.74) is 6.11. The Morgan fingerprint density at radius 2 is 1.57 bits per heavy atom. The number of allylic oxidation sites excluding steroid dienone is 1. The summed E-state index contributed by atoms with van der Waals surface area (Å²) >= 11 is 2.43. The zero-order valence-electron chi connectivity index (χ0n) is 17.6. The number of aryl methyl sites for hydroxylation is 1. The summed E-state index contributed by atoms with van der Waals surface area (Å²) < 4.78 is 3.45. The molecular weight excluding hydrogens is 481 g/mol. The monoisotopic (exact) mass is 508 g/mol. The zero-order chi connectivity index (χ0) is 21.3. The number of aromatic nitrogens is 1. The lowest BCUT2D eigenvalue weighted by atomic mass is 10.00. The quantitative estimate of drug-likeness (QED) is 0.0936. The largest absolute Gasteiger partial charge is 0.378 e. The molecule has 1 aromatic heterocycles. The number of benzene rings is 2. The van der Waals surface area contributed by atoms with Crippen LogP contribution in [-0.2, 0) is 6.54 Å². The molecule has 1 heterocycles. The summed E-state index contributed by atoms with van der Waals surface area (Å²) in [5.74, 6) is 0. The Labute approximate surface area is 193 Å². The summed E-state index contributed by atoms with van der Waals surface area (Å²) in [5, 5.41) is 9.66. The third kappa shape index (κ3) is 5.93. The Kier molecular flexibility index (Phi) is 8.04. The predicted octanol–water partition coefficient (Wildman–Crippen LogP) is 5.99. The number of pyridine rings is 1. The summed E-state index contributed by atoms with van der Waals surface area (Å²) in [6.07, 6.45) is 8.70. The molecule has 0 bridgehead atoms. The standard InChI is InChI=1S/C26H27IN3/c1-29(2)26-11-5-21(6-12-26)19-25(20-28)23-9-7-22(8-10-23)24-13-17-30(18-14-24)16-4-3-15-27/h5-14,17-19H,3-4,15-16H2,1-2H3/q+1. The first kappa shape index (κ1) is 22.0. The van der Waals surface area contributed by atoms with Gasteiger partial charge < -0.3 is 4.90 Å². The predicted molar refractivity (Wildman–Crippen MR) is 134 cm³/mol. The summed E-state index contributed by atoms with van der Waals surface area (Å²) in [6, 6.07) is 23.1. The minimum atomic E-state index is 0.667. The number of hydrogen-bond acceptors (Lipinski definition) is 2. The Morgan fingerprint density at radius 3 is 2.13 bits per heavy atom. The molecule has 0 radical (unpaired) electrons. The molecule has 0 saturated carbocycles. The van der Waals surface area contributed by atoms with E-state index in [-0.39, 0.29) is 0 Å². The van der Waals surface area contributed by atoms with Gasteiger partial charge in [0.25, 0.3) is 0 Å². The highest BCUT2D eigenvalue weighted by molar-refractivity contribution is 14.1. The van der Waals surface area contributed by atoms with Gasteiger partial charge in [-0.05, 0) is 51.3 Å². The van der Waals surface area contributed by atoms with E-state index in [1.807, 2.05) is 44.4 Å². The molecular formula is C26H27IN3+. The third-order valence-electron chi connectivity index (χ3n) is 5.06. The lowest BCUT2D eigenvalue weighted by molar-refractivity contribution is -0.697. The van der Waals surface area contributed by atoms with Crippen LogP contribution in [0.25, 0.3) is 22.8 Å². The fraction of sp³-hybridized carbons (Fsp3) is 0.231. The number of alkyl halides is 1. The first-order chi connectivity index (χ1) is 14.6. The van der Waals surface area contributed by atoms with Crippen LogP contribution in [0, 0.1) is 11.3 Å². The van der Waals surface area contributed by atoms with Crippen LogP contribution in [0.2, 0.25) is 0 Å². The van der Waals surface area contributed by atoms with Gasteiger partial charge in [-0.25, -0.2) is 4.57 Å². The van der Waals surface area contributed by atoms with Crippen molar-refractivity contribution in [2.75, 3.05) is 23.4 Å². The van der Waals surface area contributed by atoms with Crippen LogP contribution in [0.3, 0.4) is 0 Å². The second-order valence-electron chi connectivity index (χ2n) is 7.45. The minimum absolute atomic E-state index is 0.667. The van der Waals surface area contributed by atoms with Crippen molar-refractivity contribution in [2.45, 2.75) is 19.4 Å². The van der Waals surface area contributed by atoms with Crippen LogP contribution in [0.1, 0.15) is 24.0 Å². The number of hydrogen-bond donors (Lipinski definition) is 0. The molecule has 0 spiro atoms. The molecule has 4 heteroatoms. The van der Waals surface area contributed by atoms with E-state index in [1.165, 1.54) is 22.8 Å². The highest BCUT2D eigenvalue weighted by atomic mass is 127. The maximum atomic E-state index is 9.66. The highest BCUT2D eigenvalue weighted by Crippen LogP contribution is 2.24. The molecule has 0 aliphatic heterocycles. The van der Waals surface area contributed by atoms with E-state index >= 15 is 0 Å². The van der Waals surface area contributed by atoms with Crippen LogP contribution < -0.4 is 9.47 Å². The Balaban J connectivity index is 1.74. The van der Waals surface area contributed by atoms with Crippen molar-refractivity contribution in [3.63, 3.8) is 0 Å². The molecule has 0 amide bonds. The van der Waals surface area contributed by atoms with E-state index in [0.717, 1.165) is 28.9 Å². The lowest BCUT2D eigenvalue weighted by Crippen LogP contribution is -2.32. The van der Waals surface area contributed by atoms with Crippen LogP contribution in [0.4, 0.5) is 5.69 Å². The van der Waals surface area contributed by atoms with Crippen molar-refractivity contribution >= 4 is 39.9 Å². The first-order valence-corrected chi connectivity index (χ1v) is 11.7. The van der Waals surface area contributed by atoms with Crippen molar-refractivity contribution in [1.82, 2.24) is 0 Å². The number of halogens is 1. The molecule has 0 aliphatic carbocycles. The van der Waals surface area contributed by atoms with Crippen molar-refractivity contribution in [3.05, 3.63) is 84.2 Å². The number of unbranched alkanes of at least 4 members (excludes halogenated alkanes) is 1. The van der Waals surface area contributed by atoms with Gasteiger partial charge in [0.05, 0.1) is 11.6 Å². The Bertz CT molecular complexity index is 1010. The van der Waals surface area contributed by atoms with E-state index in [4.69, 9.17) is 0 Å². The van der Waals surface area contributed by atoms with Gasteiger partial charge in [-0.2, -0.15) is 5.26 Å². The topological polar surface area (TPSA) is 30.9 Å². The summed E-state index contributed by atoms with van der Waals surface area (Å²) in [6.45, 7) is 1.06. The van der Waals surface area contributed by atoms with Crippen molar-refractivity contribution in [3.8, 4) is 17.2 Å². The molecule has 30 heavy (non-hydrogen) atoms. The average Bonchev–Trinajstić information content (AvgIpc) is 2.78. The zero-order valence-corrected chi connectivity index (χ0v) is 19.7. The Morgan fingerprint density at radius 1 is 0.933 bits per heavy atom. The number of rotatable bonds is 8. The molecule has 2 aromatic carbocycles. The lowest BCUT2D eigenvalue weighted by Gasteiger charge is -2.12. The summed E-state index contributed by atoms with van der Waals surface area (Å²) in [4.78, 5) is 2.06. The van der Waals surface area contributed by atoms with Crippen molar-refractivity contribution in [2.24, 2.45) is 0 Å². The molecule has 152 valence electrons. The van der Waals surface area contributed by atoms with E-state index in [0.29, 0.717) is 5.57 Å². The van der Waals surface area contributed by atoms with Crippen LogP contribution in [-0.4, -0.2) is 18.5 Å². The second-order valence-corrected chi connectivity index (χ2v) is 8.53. The van der Waals surface area contributed by atoms with E-state index in [2.05, 4.69) is 86.9 Å². The maximum absolute atomic E-state index is 9.66. The van der Waals surface area contributed by atoms with E-state index < -0.39 is 0 Å². The van der Waals surface area contributed by atoms with Crippen LogP contribution in [0.5, 0.6) is 0 Å². The SMILES string of the molecule is CN(C)c1ccc(/C=C(\C#N)c2ccc(-c3cc[n+](CCCCI)cc3)cc2)cc1. The first-order valence-electron chi connectivity index (χ1n) is 10.2. The fourth-order valence-corrected chi connectivity index (χ4v) is 3.78. The molecule has 0 saturated heterocycles. The van der Waals surface area contributed by atoms with Gasteiger partial charge in [0.15, 0.2) is 12.4 Å². The van der Waals surface area contributed by atoms with Gasteiger partial charge in [0.1, 0.15) is 6.54 Å². The summed E-state index contributed by atoms with van der Waals surface area (Å²) in [7, 11) is 4.04. The molecule has 0 atom stereocenters. The molecule has 3 aromatic rings. The van der Waals surface area contributed by atoms with E-state index in [1.54, 1.807) is 0 Å². The smallest absolute Gasteiger partial charge is 0.169 e. The van der Waals surface area contributed by atoms with Gasteiger partial charge in [-0.1, -0.05) is 59.0 Å². The number of anilines is 1. The van der Waals surface area contributed by atoms with Crippen molar-refractivity contribution in [1.29, 1.82) is 5.26 Å². The number of nitriles is 1. The molecule has 0 aliphatic rings. The highest BCUT2D eigenvalue weighted by Gasteiger charge is 2.06. The normalized spacial score (nSPS) is 11.2. The van der Waals surface area contributed by atoms with Gasteiger partial charge in [0.2, 0.25) is 0 Å². The van der Waals surface area contributed by atoms with Crippen LogP contribution in [0.15, 0.2) is 73.1 Å². The average molecular weight is 508 g/mol. The molecule has 3 rings (SSSR count). The van der Waals surface area contributed by atoms with E-state index in [9.17, 15) is 5.26 Å². The molecule has 0 fully saturated rings. The molecule has 3 nitrogen and oxygen atoms in total. The second kappa shape index (κ2) is 10.9. The van der Waals surface area contributed by atoms with Crippen molar-refractivity contribution < 1.29 is 4.57 Å². The van der Waals surface area contributed by atoms with Gasteiger partial charge >= 0.3 is 0 Å².